The zero-order valence-electron chi connectivity index (χ0n) is 13.1. The van der Waals surface area contributed by atoms with Crippen molar-refractivity contribution in [3.8, 4) is 0 Å². The number of benzene rings is 2. The van der Waals surface area contributed by atoms with Gasteiger partial charge >= 0.3 is 0 Å². The third-order valence-corrected chi connectivity index (χ3v) is 3.97. The fraction of sp³-hybridized carbons (Fsp3) is 0.368. The van der Waals surface area contributed by atoms with Crippen LogP contribution in [0.5, 0.6) is 0 Å². The second-order valence-corrected chi connectivity index (χ2v) is 5.85. The van der Waals surface area contributed by atoms with Gasteiger partial charge in [0.2, 0.25) is 0 Å². The summed E-state index contributed by atoms with van der Waals surface area (Å²) in [6.45, 7) is 5.16. The monoisotopic (exact) mass is 285 g/mol. The lowest BCUT2D eigenvalue weighted by molar-refractivity contribution is 0.479. The van der Waals surface area contributed by atoms with Crippen LogP contribution < -0.4 is 5.32 Å². The first-order valence-corrected chi connectivity index (χ1v) is 7.54. The average molecular weight is 285 g/mol. The van der Waals surface area contributed by atoms with E-state index in [1.54, 1.807) is 12.1 Å². The van der Waals surface area contributed by atoms with Crippen molar-refractivity contribution in [3.05, 3.63) is 70.5 Å². The van der Waals surface area contributed by atoms with Crippen molar-refractivity contribution in [1.82, 2.24) is 5.32 Å². The van der Waals surface area contributed by atoms with Crippen LogP contribution >= 0.6 is 0 Å². The van der Waals surface area contributed by atoms with Crippen LogP contribution in [0.15, 0.2) is 42.5 Å². The minimum Gasteiger partial charge on any atom is -0.319 e. The molecule has 0 aliphatic heterocycles. The first-order chi connectivity index (χ1) is 10.1. The predicted molar refractivity (Wildman–Crippen MR) is 87.1 cm³/mol. The van der Waals surface area contributed by atoms with Crippen LogP contribution in [-0.2, 0) is 12.8 Å². The molecule has 2 rings (SSSR count). The highest BCUT2D eigenvalue weighted by atomic mass is 19.1. The molecule has 0 aromatic heterocycles. The normalized spacial score (nSPS) is 12.4. The highest BCUT2D eigenvalue weighted by Gasteiger charge is 2.13. The maximum Gasteiger partial charge on any atom is 0.126 e. The van der Waals surface area contributed by atoms with Gasteiger partial charge in [0, 0.05) is 0 Å². The average Bonchev–Trinajstić information content (AvgIpc) is 2.45. The molecule has 0 amide bonds. The molecule has 1 unspecified atom stereocenters. The van der Waals surface area contributed by atoms with Gasteiger partial charge in [0.05, 0.1) is 0 Å². The molecule has 0 radical (unpaired) electrons. The molecule has 0 bridgehead atoms. The van der Waals surface area contributed by atoms with E-state index in [2.05, 4.69) is 37.4 Å². The Morgan fingerprint density at radius 3 is 2.43 bits per heavy atom. The van der Waals surface area contributed by atoms with Crippen LogP contribution in [-0.4, -0.2) is 13.6 Å². The summed E-state index contributed by atoms with van der Waals surface area (Å²) in [4.78, 5) is 0. The Morgan fingerprint density at radius 1 is 1.00 bits per heavy atom. The summed E-state index contributed by atoms with van der Waals surface area (Å²) in [5.74, 6) is 0.298. The van der Waals surface area contributed by atoms with Crippen LogP contribution in [0.2, 0.25) is 0 Å². The van der Waals surface area contributed by atoms with E-state index in [1.807, 2.05) is 19.2 Å². The second-order valence-electron chi connectivity index (χ2n) is 5.85. The van der Waals surface area contributed by atoms with E-state index in [9.17, 15) is 4.39 Å². The van der Waals surface area contributed by atoms with Crippen molar-refractivity contribution in [2.75, 3.05) is 13.6 Å². The van der Waals surface area contributed by atoms with Gasteiger partial charge in [-0.15, -0.1) is 0 Å². The van der Waals surface area contributed by atoms with Crippen LogP contribution in [0.1, 0.15) is 22.3 Å². The third-order valence-electron chi connectivity index (χ3n) is 3.97. The zero-order valence-corrected chi connectivity index (χ0v) is 13.1. The molecule has 1 atom stereocenters. The molecule has 112 valence electrons. The summed E-state index contributed by atoms with van der Waals surface area (Å²) in [7, 11) is 1.96. The summed E-state index contributed by atoms with van der Waals surface area (Å²) in [6.07, 6.45) is 1.74. The van der Waals surface area contributed by atoms with Gasteiger partial charge in [-0.2, -0.15) is 0 Å². The van der Waals surface area contributed by atoms with Crippen molar-refractivity contribution in [2.45, 2.75) is 26.7 Å². The lowest BCUT2D eigenvalue weighted by Gasteiger charge is -2.19. The third kappa shape index (κ3) is 4.40. The Balaban J connectivity index is 2.16. The van der Waals surface area contributed by atoms with E-state index in [4.69, 9.17) is 0 Å². The second kappa shape index (κ2) is 7.37. The number of nitrogens with one attached hydrogen (secondary N) is 1. The SMILES string of the molecule is CNCC(Cc1cc(C)ccc1C)Cc1ccccc1F. The zero-order chi connectivity index (χ0) is 15.2. The first-order valence-electron chi connectivity index (χ1n) is 7.54. The summed E-state index contributed by atoms with van der Waals surface area (Å²) in [5.41, 5.74) is 4.77. The molecule has 0 spiro atoms. The molecule has 0 aliphatic carbocycles. The fourth-order valence-electron chi connectivity index (χ4n) is 2.81. The molecule has 2 aromatic rings. The molecule has 2 heteroatoms. The van der Waals surface area contributed by atoms with Crippen molar-refractivity contribution in [3.63, 3.8) is 0 Å². The van der Waals surface area contributed by atoms with Gasteiger partial charge in [-0.25, -0.2) is 4.39 Å². The van der Waals surface area contributed by atoms with Crippen molar-refractivity contribution >= 4 is 0 Å². The highest BCUT2D eigenvalue weighted by molar-refractivity contribution is 5.31. The summed E-state index contributed by atoms with van der Waals surface area (Å²) >= 11 is 0. The minimum atomic E-state index is -0.0976. The lowest BCUT2D eigenvalue weighted by atomic mass is 9.90. The van der Waals surface area contributed by atoms with E-state index in [-0.39, 0.29) is 5.82 Å². The van der Waals surface area contributed by atoms with Crippen LogP contribution in [0.4, 0.5) is 4.39 Å². The molecular formula is C19H24FN. The predicted octanol–water partition coefficient (Wildman–Crippen LogP) is 4.06. The van der Waals surface area contributed by atoms with Gasteiger partial charge in [0.1, 0.15) is 5.82 Å². The molecular weight excluding hydrogens is 261 g/mol. The van der Waals surface area contributed by atoms with Crippen molar-refractivity contribution < 1.29 is 4.39 Å². The van der Waals surface area contributed by atoms with Crippen LogP contribution in [0, 0.1) is 25.6 Å². The van der Waals surface area contributed by atoms with E-state index in [0.717, 1.165) is 24.9 Å². The molecule has 1 N–H and O–H groups in total. The van der Waals surface area contributed by atoms with Crippen molar-refractivity contribution in [1.29, 1.82) is 0 Å². The Kier molecular flexibility index (Phi) is 5.51. The lowest BCUT2D eigenvalue weighted by Crippen LogP contribution is -2.23. The molecule has 1 nitrogen and oxygen atoms in total. The fourth-order valence-corrected chi connectivity index (χ4v) is 2.81. The molecule has 21 heavy (non-hydrogen) atoms. The molecule has 2 aromatic carbocycles. The van der Waals surface area contributed by atoms with Gasteiger partial charge in [-0.3, -0.25) is 0 Å². The van der Waals surface area contributed by atoms with E-state index in [1.165, 1.54) is 16.7 Å². The Labute approximate surface area is 127 Å². The number of hydrogen-bond donors (Lipinski definition) is 1. The van der Waals surface area contributed by atoms with Gasteiger partial charge in [0.15, 0.2) is 0 Å². The maximum atomic E-state index is 13.9. The molecule has 0 saturated heterocycles. The summed E-state index contributed by atoms with van der Waals surface area (Å²) in [6, 6.07) is 13.7. The summed E-state index contributed by atoms with van der Waals surface area (Å²) in [5, 5.41) is 3.24. The molecule has 0 fully saturated rings. The standard InChI is InChI=1S/C19H24FN/c1-14-8-9-15(2)18(10-14)12-16(13-21-3)11-17-6-4-5-7-19(17)20/h4-10,16,21H,11-13H2,1-3H3. The van der Waals surface area contributed by atoms with E-state index >= 15 is 0 Å². The number of aryl methyl sites for hydroxylation is 2. The topological polar surface area (TPSA) is 12.0 Å². The molecule has 0 heterocycles. The van der Waals surface area contributed by atoms with Gasteiger partial charge in [-0.05, 0) is 69.0 Å². The maximum absolute atomic E-state index is 13.9. The van der Waals surface area contributed by atoms with Gasteiger partial charge < -0.3 is 5.32 Å². The number of rotatable bonds is 6. The van der Waals surface area contributed by atoms with Gasteiger partial charge in [-0.1, -0.05) is 42.0 Å². The quantitative estimate of drug-likeness (QED) is 0.844. The summed E-state index contributed by atoms with van der Waals surface area (Å²) < 4.78 is 13.9. The Morgan fingerprint density at radius 2 is 1.71 bits per heavy atom. The highest BCUT2D eigenvalue weighted by Crippen LogP contribution is 2.19. The van der Waals surface area contributed by atoms with Crippen LogP contribution in [0.3, 0.4) is 0 Å². The Bertz CT molecular complexity index is 592. The smallest absolute Gasteiger partial charge is 0.126 e. The molecule has 0 aliphatic rings. The first kappa shape index (κ1) is 15.7. The minimum absolute atomic E-state index is 0.0976. The van der Waals surface area contributed by atoms with E-state index < -0.39 is 0 Å². The van der Waals surface area contributed by atoms with Gasteiger partial charge in [0.25, 0.3) is 0 Å². The largest absolute Gasteiger partial charge is 0.319 e. The van der Waals surface area contributed by atoms with Crippen LogP contribution in [0.25, 0.3) is 0 Å². The Hall–Kier alpha value is -1.67. The number of hydrogen-bond acceptors (Lipinski definition) is 1. The molecule has 0 saturated carbocycles. The van der Waals surface area contributed by atoms with E-state index in [0.29, 0.717) is 5.92 Å². The van der Waals surface area contributed by atoms with Crippen molar-refractivity contribution in [2.24, 2.45) is 5.92 Å². The number of halogens is 1.